The number of hydrogen-bond donors (Lipinski definition) is 2. The van der Waals surface area contributed by atoms with E-state index in [0.717, 1.165) is 6.07 Å². The maximum atomic E-state index is 13.0. The summed E-state index contributed by atoms with van der Waals surface area (Å²) in [6.07, 6.45) is -0.0975. The average Bonchev–Trinajstić information content (AvgIpc) is 2.29. The Morgan fingerprint density at radius 2 is 2.00 bits per heavy atom. The van der Waals surface area contributed by atoms with Crippen molar-refractivity contribution in [3.05, 3.63) is 29.8 Å². The van der Waals surface area contributed by atoms with E-state index < -0.39 is 38.6 Å². The predicted molar refractivity (Wildman–Crippen MR) is 63.0 cm³/mol. The van der Waals surface area contributed by atoms with Gasteiger partial charge in [-0.15, -0.1) is 0 Å². The van der Waals surface area contributed by atoms with Crippen molar-refractivity contribution in [2.24, 2.45) is 0 Å². The zero-order chi connectivity index (χ0) is 14.6. The Bertz CT molecular complexity index is 574. The summed E-state index contributed by atoms with van der Waals surface area (Å²) in [6, 6.07) is 1.59. The molecule has 0 amide bonds. The van der Waals surface area contributed by atoms with Gasteiger partial charge >= 0.3 is 5.97 Å². The van der Waals surface area contributed by atoms with Crippen molar-refractivity contribution >= 4 is 16.0 Å². The van der Waals surface area contributed by atoms with Crippen molar-refractivity contribution in [1.29, 1.82) is 0 Å². The maximum absolute atomic E-state index is 13.0. The van der Waals surface area contributed by atoms with Gasteiger partial charge in [0.25, 0.3) is 0 Å². The Morgan fingerprint density at radius 3 is 2.53 bits per heavy atom. The first-order valence-corrected chi connectivity index (χ1v) is 6.90. The van der Waals surface area contributed by atoms with E-state index in [1.165, 1.54) is 6.92 Å². The molecule has 0 aromatic heterocycles. The molecule has 0 bridgehead atoms. The van der Waals surface area contributed by atoms with E-state index in [9.17, 15) is 22.0 Å². The zero-order valence-corrected chi connectivity index (χ0v) is 10.9. The maximum Gasteiger partial charge on any atom is 0.303 e. The van der Waals surface area contributed by atoms with Crippen LogP contribution in [0.5, 0.6) is 0 Å². The molecule has 0 radical (unpaired) electrons. The van der Waals surface area contributed by atoms with Crippen LogP contribution in [0.3, 0.4) is 0 Å². The van der Waals surface area contributed by atoms with Crippen LogP contribution in [0, 0.1) is 11.6 Å². The summed E-state index contributed by atoms with van der Waals surface area (Å²) in [4.78, 5) is 9.94. The third-order valence-corrected chi connectivity index (χ3v) is 3.94. The minimum absolute atomic E-state index is 0.0955. The number of benzene rings is 1. The van der Waals surface area contributed by atoms with Gasteiger partial charge in [0, 0.05) is 12.5 Å². The molecule has 5 nitrogen and oxygen atoms in total. The lowest BCUT2D eigenvalue weighted by atomic mass is 10.2. The first kappa shape index (κ1) is 15.5. The molecule has 0 heterocycles. The number of carbonyl (C=O) groups is 1. The van der Waals surface area contributed by atoms with Crippen LogP contribution in [-0.4, -0.2) is 25.5 Å². The second-order valence-corrected chi connectivity index (χ2v) is 5.74. The number of aliphatic carboxylic acids is 1. The molecule has 0 saturated carbocycles. The standard InChI is InChI=1S/C11H13F2NO4S/c1-7(2-5-11(15)16)14-19(17,18)8-3-4-9(12)10(13)6-8/h3-4,6-7,14H,2,5H2,1H3,(H,15,16). The van der Waals surface area contributed by atoms with Crippen LogP contribution in [0.1, 0.15) is 19.8 Å². The topological polar surface area (TPSA) is 83.5 Å². The molecule has 2 N–H and O–H groups in total. The Hall–Kier alpha value is -1.54. The van der Waals surface area contributed by atoms with Crippen molar-refractivity contribution in [1.82, 2.24) is 4.72 Å². The Balaban J connectivity index is 2.80. The average molecular weight is 293 g/mol. The minimum Gasteiger partial charge on any atom is -0.481 e. The number of halogens is 2. The molecule has 8 heteroatoms. The van der Waals surface area contributed by atoms with Gasteiger partial charge < -0.3 is 5.11 Å². The number of sulfonamides is 1. The molecule has 1 unspecified atom stereocenters. The van der Waals surface area contributed by atoms with E-state index in [0.29, 0.717) is 12.1 Å². The summed E-state index contributed by atoms with van der Waals surface area (Å²) >= 11 is 0. The van der Waals surface area contributed by atoms with E-state index in [-0.39, 0.29) is 12.8 Å². The van der Waals surface area contributed by atoms with Gasteiger partial charge in [0.05, 0.1) is 4.90 Å². The lowest BCUT2D eigenvalue weighted by molar-refractivity contribution is -0.137. The molecule has 0 fully saturated rings. The molecular formula is C11H13F2NO4S. The second kappa shape index (κ2) is 6.07. The van der Waals surface area contributed by atoms with E-state index in [4.69, 9.17) is 5.11 Å². The third kappa shape index (κ3) is 4.56. The van der Waals surface area contributed by atoms with Gasteiger partial charge in [-0.2, -0.15) is 0 Å². The summed E-state index contributed by atoms with van der Waals surface area (Å²) in [6.45, 7) is 1.49. The van der Waals surface area contributed by atoms with E-state index >= 15 is 0 Å². The van der Waals surface area contributed by atoms with Crippen molar-refractivity contribution in [2.45, 2.75) is 30.7 Å². The molecule has 1 aromatic carbocycles. The van der Waals surface area contributed by atoms with E-state index in [2.05, 4.69) is 4.72 Å². The van der Waals surface area contributed by atoms with Gasteiger partial charge in [0.2, 0.25) is 10.0 Å². The molecule has 0 spiro atoms. The number of nitrogens with one attached hydrogen (secondary N) is 1. The fourth-order valence-corrected chi connectivity index (χ4v) is 2.67. The summed E-state index contributed by atoms with van der Waals surface area (Å²) in [5.74, 6) is -3.45. The van der Waals surface area contributed by atoms with Crippen LogP contribution in [0.2, 0.25) is 0 Å². The number of carboxylic acid groups (broad SMARTS) is 1. The summed E-state index contributed by atoms with van der Waals surface area (Å²) in [5, 5.41) is 8.48. The first-order chi connectivity index (χ1) is 8.72. The van der Waals surface area contributed by atoms with E-state index in [1.807, 2.05) is 0 Å². The number of hydrogen-bond acceptors (Lipinski definition) is 3. The molecule has 0 aliphatic rings. The van der Waals surface area contributed by atoms with Crippen molar-refractivity contribution in [3.63, 3.8) is 0 Å². The van der Waals surface area contributed by atoms with Gasteiger partial charge in [-0.1, -0.05) is 0 Å². The monoisotopic (exact) mass is 293 g/mol. The van der Waals surface area contributed by atoms with Crippen LogP contribution in [0.15, 0.2) is 23.1 Å². The van der Waals surface area contributed by atoms with Crippen molar-refractivity contribution in [2.75, 3.05) is 0 Å². The molecule has 0 aliphatic heterocycles. The highest BCUT2D eigenvalue weighted by Gasteiger charge is 2.19. The molecule has 0 aliphatic carbocycles. The quantitative estimate of drug-likeness (QED) is 0.832. The predicted octanol–water partition coefficient (Wildman–Crippen LogP) is 1.50. The Morgan fingerprint density at radius 1 is 1.37 bits per heavy atom. The van der Waals surface area contributed by atoms with Crippen LogP contribution < -0.4 is 4.72 Å². The first-order valence-electron chi connectivity index (χ1n) is 5.41. The smallest absolute Gasteiger partial charge is 0.303 e. The fraction of sp³-hybridized carbons (Fsp3) is 0.364. The Kier molecular flexibility index (Phi) is 4.96. The van der Waals surface area contributed by atoms with Crippen LogP contribution in [0.4, 0.5) is 8.78 Å². The van der Waals surface area contributed by atoms with Gasteiger partial charge in [-0.25, -0.2) is 21.9 Å². The number of rotatable bonds is 6. The molecule has 1 rings (SSSR count). The normalized spacial score (nSPS) is 13.2. The molecule has 1 atom stereocenters. The Labute approximate surface area is 109 Å². The van der Waals surface area contributed by atoms with Gasteiger partial charge in [0.15, 0.2) is 11.6 Å². The van der Waals surface area contributed by atoms with Gasteiger partial charge in [-0.3, -0.25) is 4.79 Å². The SMILES string of the molecule is CC(CCC(=O)O)NS(=O)(=O)c1ccc(F)c(F)c1. The van der Waals surface area contributed by atoms with Crippen molar-refractivity contribution < 1.29 is 27.1 Å². The summed E-state index contributed by atoms with van der Waals surface area (Å²) in [7, 11) is -4.00. The van der Waals surface area contributed by atoms with E-state index in [1.54, 1.807) is 0 Å². The molecule has 106 valence electrons. The third-order valence-electron chi connectivity index (χ3n) is 2.35. The zero-order valence-electron chi connectivity index (χ0n) is 10.1. The van der Waals surface area contributed by atoms with Gasteiger partial charge in [-0.05, 0) is 31.5 Å². The van der Waals surface area contributed by atoms with Crippen LogP contribution in [0.25, 0.3) is 0 Å². The van der Waals surface area contributed by atoms with Crippen molar-refractivity contribution in [3.8, 4) is 0 Å². The lowest BCUT2D eigenvalue weighted by Gasteiger charge is -2.13. The second-order valence-electron chi connectivity index (χ2n) is 4.03. The molecule has 1 aromatic rings. The molecule has 0 saturated heterocycles. The largest absolute Gasteiger partial charge is 0.481 e. The van der Waals surface area contributed by atoms with Crippen LogP contribution in [-0.2, 0) is 14.8 Å². The highest BCUT2D eigenvalue weighted by Crippen LogP contribution is 2.14. The fourth-order valence-electron chi connectivity index (χ4n) is 1.38. The summed E-state index contributed by atoms with van der Waals surface area (Å²) in [5.41, 5.74) is 0. The minimum atomic E-state index is -4.00. The van der Waals surface area contributed by atoms with Crippen LogP contribution >= 0.6 is 0 Å². The van der Waals surface area contributed by atoms with Gasteiger partial charge in [0.1, 0.15) is 0 Å². The molecular weight excluding hydrogens is 280 g/mol. The molecule has 19 heavy (non-hydrogen) atoms. The number of carboxylic acids is 1. The summed E-state index contributed by atoms with van der Waals surface area (Å²) < 4.78 is 51.5. The lowest BCUT2D eigenvalue weighted by Crippen LogP contribution is -2.33. The highest BCUT2D eigenvalue weighted by molar-refractivity contribution is 7.89. The highest BCUT2D eigenvalue weighted by atomic mass is 32.2.